The van der Waals surface area contributed by atoms with E-state index in [0.29, 0.717) is 5.92 Å². The second kappa shape index (κ2) is 8.35. The Morgan fingerprint density at radius 1 is 1.24 bits per heavy atom. The average Bonchev–Trinajstić information content (AvgIpc) is 2.38. The first kappa shape index (κ1) is 17.9. The first-order valence-corrected chi connectivity index (χ1v) is 8.84. The molecule has 0 spiro atoms. The highest BCUT2D eigenvalue weighted by molar-refractivity contribution is 7.86. The summed E-state index contributed by atoms with van der Waals surface area (Å²) in [5.41, 5.74) is 2.20. The smallest absolute Gasteiger partial charge is 0.262 e. The lowest BCUT2D eigenvalue weighted by Crippen LogP contribution is -2.06. The van der Waals surface area contributed by atoms with Crippen LogP contribution < -0.4 is 0 Å². The normalized spacial score (nSPS) is 12.9. The third-order valence-corrected chi connectivity index (χ3v) is 4.61. The van der Waals surface area contributed by atoms with Crippen molar-refractivity contribution in [2.24, 2.45) is 5.92 Å². The predicted molar refractivity (Wildman–Crippen MR) is 86.8 cm³/mol. The Kier molecular flexibility index (Phi) is 7.12. The molecule has 0 bridgehead atoms. The summed E-state index contributed by atoms with van der Waals surface area (Å²) in [6, 6.07) is 6.68. The second-order valence-corrected chi connectivity index (χ2v) is 7.50. The molecule has 1 aromatic carbocycles. The number of benzene rings is 1. The van der Waals surface area contributed by atoms with Crippen molar-refractivity contribution in [3.05, 3.63) is 41.5 Å². The van der Waals surface area contributed by atoms with Crippen molar-refractivity contribution in [1.82, 2.24) is 0 Å². The van der Waals surface area contributed by atoms with Crippen LogP contribution in [0.25, 0.3) is 0 Å². The molecular formula is C17H26O3S. The van der Waals surface area contributed by atoms with Gasteiger partial charge in [-0.15, -0.1) is 0 Å². The first-order chi connectivity index (χ1) is 9.81. The Morgan fingerprint density at radius 3 is 2.43 bits per heavy atom. The van der Waals surface area contributed by atoms with E-state index in [9.17, 15) is 8.42 Å². The Labute approximate surface area is 129 Å². The van der Waals surface area contributed by atoms with Gasteiger partial charge in [0.2, 0.25) is 0 Å². The molecule has 4 heteroatoms. The van der Waals surface area contributed by atoms with Gasteiger partial charge in [0.25, 0.3) is 10.1 Å². The fraction of sp³-hybridized carbons (Fsp3) is 0.529. The maximum absolute atomic E-state index is 12.0. The topological polar surface area (TPSA) is 43.4 Å². The molecule has 0 saturated carbocycles. The largest absolute Gasteiger partial charge is 0.297 e. The molecule has 0 saturated heterocycles. The Morgan fingerprint density at radius 2 is 1.86 bits per heavy atom. The molecule has 0 fully saturated rings. The van der Waals surface area contributed by atoms with Gasteiger partial charge in [-0.3, -0.25) is 4.18 Å². The predicted octanol–water partition coefficient (Wildman–Crippen LogP) is 4.47. The number of hydrogen-bond acceptors (Lipinski definition) is 3. The molecule has 0 aliphatic rings. The third kappa shape index (κ3) is 6.91. The van der Waals surface area contributed by atoms with Crippen molar-refractivity contribution in [2.75, 3.05) is 6.61 Å². The van der Waals surface area contributed by atoms with E-state index in [-0.39, 0.29) is 11.5 Å². The van der Waals surface area contributed by atoms with Crippen LogP contribution in [0.4, 0.5) is 0 Å². The molecule has 0 N–H and O–H groups in total. The zero-order chi connectivity index (χ0) is 15.9. The summed E-state index contributed by atoms with van der Waals surface area (Å²) in [6.07, 6.45) is 5.16. The third-order valence-electron chi connectivity index (χ3n) is 3.32. The highest BCUT2D eigenvalue weighted by atomic mass is 32.2. The van der Waals surface area contributed by atoms with Crippen molar-refractivity contribution in [3.8, 4) is 0 Å². The van der Waals surface area contributed by atoms with E-state index < -0.39 is 10.1 Å². The van der Waals surface area contributed by atoms with Gasteiger partial charge in [0.1, 0.15) is 0 Å². The van der Waals surface area contributed by atoms with Crippen LogP contribution in [0.2, 0.25) is 0 Å². The van der Waals surface area contributed by atoms with Crippen molar-refractivity contribution >= 4 is 10.1 Å². The van der Waals surface area contributed by atoms with Gasteiger partial charge in [-0.2, -0.15) is 8.42 Å². The number of aryl methyl sites for hydroxylation is 1. The maximum atomic E-state index is 12.0. The molecule has 3 nitrogen and oxygen atoms in total. The highest BCUT2D eigenvalue weighted by Crippen LogP contribution is 2.15. The van der Waals surface area contributed by atoms with Crippen molar-refractivity contribution in [1.29, 1.82) is 0 Å². The monoisotopic (exact) mass is 310 g/mol. The number of hydrogen-bond donors (Lipinski definition) is 0. The summed E-state index contributed by atoms with van der Waals surface area (Å²) >= 11 is 0. The molecule has 1 aromatic rings. The van der Waals surface area contributed by atoms with Crippen LogP contribution in [0.5, 0.6) is 0 Å². The summed E-state index contributed by atoms with van der Waals surface area (Å²) in [5.74, 6) is 0.705. The van der Waals surface area contributed by atoms with E-state index >= 15 is 0 Å². The zero-order valence-corrected chi connectivity index (χ0v) is 14.2. The van der Waals surface area contributed by atoms with E-state index in [1.165, 1.54) is 12.0 Å². The Balaban J connectivity index is 2.48. The summed E-state index contributed by atoms with van der Waals surface area (Å²) < 4.78 is 29.0. The minimum Gasteiger partial charge on any atom is -0.262 e. The highest BCUT2D eigenvalue weighted by Gasteiger charge is 2.13. The molecule has 0 atom stereocenters. The molecule has 0 amide bonds. The SMILES string of the molecule is C/C(=C\COS(=O)(=O)c1ccc(C)cc1)CCCC(C)C. The molecule has 118 valence electrons. The molecule has 0 aromatic heterocycles. The van der Waals surface area contributed by atoms with Gasteiger partial charge >= 0.3 is 0 Å². The van der Waals surface area contributed by atoms with E-state index in [2.05, 4.69) is 13.8 Å². The lowest BCUT2D eigenvalue weighted by atomic mass is 10.0. The summed E-state index contributed by atoms with van der Waals surface area (Å²) in [5, 5.41) is 0. The number of rotatable bonds is 8. The molecule has 0 unspecified atom stereocenters. The molecule has 0 radical (unpaired) electrons. The van der Waals surface area contributed by atoms with Gasteiger partial charge in [0.15, 0.2) is 0 Å². The van der Waals surface area contributed by atoms with Crippen LogP contribution in [0.3, 0.4) is 0 Å². The first-order valence-electron chi connectivity index (χ1n) is 7.43. The van der Waals surface area contributed by atoms with Gasteiger partial charge in [0, 0.05) is 0 Å². The summed E-state index contributed by atoms with van der Waals surface area (Å²) in [7, 11) is -3.65. The molecule has 0 heterocycles. The van der Waals surface area contributed by atoms with Gasteiger partial charge < -0.3 is 0 Å². The van der Waals surface area contributed by atoms with Gasteiger partial charge in [-0.05, 0) is 44.7 Å². The maximum Gasteiger partial charge on any atom is 0.297 e. The molecular weight excluding hydrogens is 284 g/mol. The van der Waals surface area contributed by atoms with Crippen LogP contribution in [0, 0.1) is 12.8 Å². The van der Waals surface area contributed by atoms with Crippen LogP contribution in [-0.2, 0) is 14.3 Å². The van der Waals surface area contributed by atoms with Crippen LogP contribution in [0.15, 0.2) is 40.8 Å². The van der Waals surface area contributed by atoms with Crippen molar-refractivity contribution < 1.29 is 12.6 Å². The molecule has 21 heavy (non-hydrogen) atoms. The Bertz CT molecular complexity index is 554. The van der Waals surface area contributed by atoms with E-state index in [4.69, 9.17) is 4.18 Å². The van der Waals surface area contributed by atoms with E-state index in [1.54, 1.807) is 24.3 Å². The second-order valence-electron chi connectivity index (χ2n) is 5.89. The average molecular weight is 310 g/mol. The minimum absolute atomic E-state index is 0.101. The van der Waals surface area contributed by atoms with E-state index in [1.807, 2.05) is 19.9 Å². The van der Waals surface area contributed by atoms with Crippen LogP contribution >= 0.6 is 0 Å². The van der Waals surface area contributed by atoms with E-state index in [0.717, 1.165) is 18.4 Å². The fourth-order valence-corrected chi connectivity index (χ4v) is 2.78. The number of allylic oxidation sites excluding steroid dienone is 1. The molecule has 0 aliphatic heterocycles. The van der Waals surface area contributed by atoms with Crippen LogP contribution in [0.1, 0.15) is 45.6 Å². The summed E-state index contributed by atoms with van der Waals surface area (Å²) in [4.78, 5) is 0.207. The van der Waals surface area contributed by atoms with Gasteiger partial charge in [0.05, 0.1) is 11.5 Å². The Hall–Kier alpha value is -1.13. The van der Waals surface area contributed by atoms with Crippen molar-refractivity contribution in [3.63, 3.8) is 0 Å². The quantitative estimate of drug-likeness (QED) is 0.525. The lowest BCUT2D eigenvalue weighted by Gasteiger charge is -2.06. The molecule has 0 aliphatic carbocycles. The van der Waals surface area contributed by atoms with Crippen molar-refractivity contribution in [2.45, 2.75) is 51.9 Å². The lowest BCUT2D eigenvalue weighted by molar-refractivity contribution is 0.356. The summed E-state index contributed by atoms with van der Waals surface area (Å²) in [6.45, 7) is 8.44. The zero-order valence-electron chi connectivity index (χ0n) is 13.4. The van der Waals surface area contributed by atoms with Gasteiger partial charge in [-0.1, -0.05) is 49.6 Å². The standard InChI is InChI=1S/C17H26O3S/c1-14(2)6-5-7-15(3)12-13-20-21(18,19)17-10-8-16(4)9-11-17/h8-12,14H,5-7,13H2,1-4H3/b15-12+. The minimum atomic E-state index is -3.65. The van der Waals surface area contributed by atoms with Gasteiger partial charge in [-0.25, -0.2) is 0 Å². The van der Waals surface area contributed by atoms with Crippen LogP contribution in [-0.4, -0.2) is 15.0 Å². The fourth-order valence-electron chi connectivity index (χ4n) is 1.93. The molecule has 1 rings (SSSR count).